The molecule has 0 saturated heterocycles. The highest BCUT2D eigenvalue weighted by Gasteiger charge is 2.17. The van der Waals surface area contributed by atoms with Crippen LogP contribution in [0.25, 0.3) is 0 Å². The molecule has 1 atom stereocenters. The van der Waals surface area contributed by atoms with Crippen LogP contribution in [0.5, 0.6) is 0 Å². The molecule has 5 nitrogen and oxygen atoms in total. The van der Waals surface area contributed by atoms with Gasteiger partial charge in [-0.25, -0.2) is 4.79 Å². The summed E-state index contributed by atoms with van der Waals surface area (Å²) in [5, 5.41) is 13.7. The molecule has 3 N–H and O–H groups in total. The number of aliphatic carboxylic acids is 1. The van der Waals surface area contributed by atoms with E-state index in [1.807, 2.05) is 0 Å². The highest BCUT2D eigenvalue weighted by molar-refractivity contribution is 5.75. The number of carbonyl (C=O) groups is 2. The minimum Gasteiger partial charge on any atom is -0.481 e. The van der Waals surface area contributed by atoms with E-state index in [1.165, 1.54) is 0 Å². The molecule has 0 rings (SSSR count). The van der Waals surface area contributed by atoms with Crippen molar-refractivity contribution in [3.63, 3.8) is 0 Å². The normalized spacial score (nSPS) is 12.4. The zero-order valence-electron chi connectivity index (χ0n) is 9.83. The SMILES string of the molecule is C#CC(C)(C)NC(=O)NC(C)CCC(=O)O. The van der Waals surface area contributed by atoms with Gasteiger partial charge < -0.3 is 15.7 Å². The van der Waals surface area contributed by atoms with Crippen LogP contribution in [0.1, 0.15) is 33.6 Å². The Morgan fingerprint density at radius 1 is 1.50 bits per heavy atom. The number of nitrogens with one attached hydrogen (secondary N) is 2. The van der Waals surface area contributed by atoms with Crippen LogP contribution in [0.2, 0.25) is 0 Å². The van der Waals surface area contributed by atoms with Crippen molar-refractivity contribution in [2.45, 2.75) is 45.2 Å². The number of urea groups is 1. The van der Waals surface area contributed by atoms with Crippen LogP contribution in [0, 0.1) is 12.3 Å². The van der Waals surface area contributed by atoms with E-state index >= 15 is 0 Å². The van der Waals surface area contributed by atoms with Gasteiger partial charge >= 0.3 is 12.0 Å². The number of terminal acetylenes is 1. The minimum atomic E-state index is -0.877. The van der Waals surface area contributed by atoms with E-state index in [2.05, 4.69) is 16.6 Å². The number of rotatable bonds is 5. The number of carbonyl (C=O) groups excluding carboxylic acids is 1. The maximum absolute atomic E-state index is 11.4. The van der Waals surface area contributed by atoms with E-state index in [0.29, 0.717) is 6.42 Å². The third-order valence-electron chi connectivity index (χ3n) is 1.96. The topological polar surface area (TPSA) is 78.4 Å². The summed E-state index contributed by atoms with van der Waals surface area (Å²) in [6.45, 7) is 5.15. The monoisotopic (exact) mass is 226 g/mol. The molecular weight excluding hydrogens is 208 g/mol. The van der Waals surface area contributed by atoms with Crippen LogP contribution < -0.4 is 10.6 Å². The fraction of sp³-hybridized carbons (Fsp3) is 0.636. The molecule has 0 aliphatic carbocycles. The molecule has 0 bridgehead atoms. The van der Waals surface area contributed by atoms with Gasteiger partial charge in [0.15, 0.2) is 0 Å². The largest absolute Gasteiger partial charge is 0.481 e. The summed E-state index contributed by atoms with van der Waals surface area (Å²) in [5.41, 5.74) is -0.712. The van der Waals surface area contributed by atoms with E-state index in [0.717, 1.165) is 0 Å². The molecule has 0 saturated carbocycles. The van der Waals surface area contributed by atoms with Crippen LogP contribution in [-0.2, 0) is 4.79 Å². The summed E-state index contributed by atoms with van der Waals surface area (Å²) in [4.78, 5) is 21.7. The molecule has 0 aliphatic heterocycles. The fourth-order valence-corrected chi connectivity index (χ4v) is 0.992. The fourth-order valence-electron chi connectivity index (χ4n) is 0.992. The molecule has 5 heteroatoms. The molecule has 0 radical (unpaired) electrons. The summed E-state index contributed by atoms with van der Waals surface area (Å²) in [6, 6.07) is -0.592. The van der Waals surface area contributed by atoms with Crippen LogP contribution in [0.3, 0.4) is 0 Å². The molecule has 0 aromatic rings. The molecule has 2 amide bonds. The zero-order valence-corrected chi connectivity index (χ0v) is 9.83. The summed E-state index contributed by atoms with van der Waals surface area (Å²) in [7, 11) is 0. The van der Waals surface area contributed by atoms with Crippen molar-refractivity contribution >= 4 is 12.0 Å². The molecule has 0 aromatic heterocycles. The highest BCUT2D eigenvalue weighted by Crippen LogP contribution is 2.00. The van der Waals surface area contributed by atoms with Gasteiger partial charge in [0, 0.05) is 12.5 Å². The second kappa shape index (κ2) is 6.01. The lowest BCUT2D eigenvalue weighted by molar-refractivity contribution is -0.137. The first-order valence-corrected chi connectivity index (χ1v) is 5.05. The van der Waals surface area contributed by atoms with Crippen molar-refractivity contribution in [3.8, 4) is 12.3 Å². The number of amides is 2. The molecule has 1 unspecified atom stereocenters. The summed E-state index contributed by atoms with van der Waals surface area (Å²) in [6.07, 6.45) is 5.63. The number of hydrogen-bond acceptors (Lipinski definition) is 2. The van der Waals surface area contributed by atoms with Gasteiger partial charge in [-0.1, -0.05) is 5.92 Å². The third kappa shape index (κ3) is 6.71. The number of hydrogen-bond donors (Lipinski definition) is 3. The van der Waals surface area contributed by atoms with E-state index in [-0.39, 0.29) is 18.5 Å². The first kappa shape index (κ1) is 14.3. The van der Waals surface area contributed by atoms with Gasteiger partial charge in [-0.15, -0.1) is 6.42 Å². The van der Waals surface area contributed by atoms with E-state index in [9.17, 15) is 9.59 Å². The standard InChI is InChI=1S/C11H18N2O3/c1-5-11(3,4)13-10(16)12-8(2)6-7-9(14)15/h1,8H,6-7H2,2-4H3,(H,14,15)(H2,12,13,16). The van der Waals surface area contributed by atoms with E-state index < -0.39 is 11.5 Å². The van der Waals surface area contributed by atoms with Crippen LogP contribution >= 0.6 is 0 Å². The van der Waals surface area contributed by atoms with Gasteiger partial charge in [0.25, 0.3) is 0 Å². The van der Waals surface area contributed by atoms with Crippen molar-refractivity contribution in [3.05, 3.63) is 0 Å². The van der Waals surface area contributed by atoms with Gasteiger partial charge in [0.2, 0.25) is 0 Å². The molecule has 0 aromatic carbocycles. The maximum atomic E-state index is 11.4. The molecule has 0 heterocycles. The summed E-state index contributed by atoms with van der Waals surface area (Å²) < 4.78 is 0. The van der Waals surface area contributed by atoms with Gasteiger partial charge in [0.1, 0.15) is 0 Å². The Morgan fingerprint density at radius 2 is 2.06 bits per heavy atom. The average molecular weight is 226 g/mol. The van der Waals surface area contributed by atoms with Gasteiger partial charge in [-0.2, -0.15) is 0 Å². The second-order valence-corrected chi connectivity index (χ2v) is 4.20. The first-order chi connectivity index (χ1) is 7.26. The minimum absolute atomic E-state index is 0.0278. The van der Waals surface area contributed by atoms with Crippen LogP contribution in [-0.4, -0.2) is 28.7 Å². The first-order valence-electron chi connectivity index (χ1n) is 5.05. The Balaban J connectivity index is 3.97. The predicted molar refractivity (Wildman–Crippen MR) is 60.9 cm³/mol. The van der Waals surface area contributed by atoms with Crippen molar-refractivity contribution < 1.29 is 14.7 Å². The van der Waals surface area contributed by atoms with E-state index in [1.54, 1.807) is 20.8 Å². The molecule has 0 aliphatic rings. The highest BCUT2D eigenvalue weighted by atomic mass is 16.4. The number of carboxylic acids is 1. The molecule has 0 fully saturated rings. The van der Waals surface area contributed by atoms with Crippen LogP contribution in [0.4, 0.5) is 4.79 Å². The van der Waals surface area contributed by atoms with Crippen molar-refractivity contribution in [1.82, 2.24) is 10.6 Å². The van der Waals surface area contributed by atoms with Crippen molar-refractivity contribution in [1.29, 1.82) is 0 Å². The Hall–Kier alpha value is -1.70. The van der Waals surface area contributed by atoms with Gasteiger partial charge in [-0.05, 0) is 27.2 Å². The van der Waals surface area contributed by atoms with Gasteiger partial charge in [-0.3, -0.25) is 4.79 Å². The second-order valence-electron chi connectivity index (χ2n) is 4.20. The quantitative estimate of drug-likeness (QED) is 0.611. The van der Waals surface area contributed by atoms with Crippen molar-refractivity contribution in [2.24, 2.45) is 0 Å². The van der Waals surface area contributed by atoms with E-state index in [4.69, 9.17) is 11.5 Å². The molecular formula is C11H18N2O3. The Kier molecular flexibility index (Phi) is 5.37. The van der Waals surface area contributed by atoms with Gasteiger partial charge in [0.05, 0.1) is 5.54 Å². The predicted octanol–water partition coefficient (Wildman–Crippen LogP) is 0.951. The lowest BCUT2D eigenvalue weighted by Gasteiger charge is -2.21. The lowest BCUT2D eigenvalue weighted by atomic mass is 10.1. The number of carboxylic acid groups (broad SMARTS) is 1. The third-order valence-corrected chi connectivity index (χ3v) is 1.96. The Morgan fingerprint density at radius 3 is 2.50 bits per heavy atom. The molecule has 90 valence electrons. The Bertz CT molecular complexity index is 305. The maximum Gasteiger partial charge on any atom is 0.316 e. The Labute approximate surface area is 95.6 Å². The smallest absolute Gasteiger partial charge is 0.316 e. The van der Waals surface area contributed by atoms with Crippen molar-refractivity contribution in [2.75, 3.05) is 0 Å². The summed E-state index contributed by atoms with van der Waals surface area (Å²) >= 11 is 0. The molecule has 0 spiro atoms. The van der Waals surface area contributed by atoms with Crippen LogP contribution in [0.15, 0.2) is 0 Å². The summed E-state index contributed by atoms with van der Waals surface area (Å²) in [5.74, 6) is 1.55. The average Bonchev–Trinajstić information content (AvgIpc) is 2.13. The lowest BCUT2D eigenvalue weighted by Crippen LogP contribution is -2.49. The molecule has 16 heavy (non-hydrogen) atoms. The zero-order chi connectivity index (χ0) is 12.8.